The summed E-state index contributed by atoms with van der Waals surface area (Å²) in [5.41, 5.74) is 2.47. The Labute approximate surface area is 127 Å². The Kier molecular flexibility index (Phi) is 7.13. The van der Waals surface area contributed by atoms with Crippen LogP contribution in [0.15, 0.2) is 54.6 Å². The van der Waals surface area contributed by atoms with E-state index in [9.17, 15) is 0 Å². The highest BCUT2D eigenvalue weighted by Crippen LogP contribution is 2.24. The van der Waals surface area contributed by atoms with E-state index in [4.69, 9.17) is 4.74 Å². The first kappa shape index (κ1) is 16.5. The number of rotatable bonds is 6. The fourth-order valence-corrected chi connectivity index (χ4v) is 2.02. The summed E-state index contributed by atoms with van der Waals surface area (Å²) < 4.78 is 6.12. The van der Waals surface area contributed by atoms with Gasteiger partial charge in [-0.3, -0.25) is 0 Å². The van der Waals surface area contributed by atoms with E-state index in [-0.39, 0.29) is 18.5 Å². The minimum atomic E-state index is 0. The van der Waals surface area contributed by atoms with Crippen LogP contribution in [-0.2, 0) is 0 Å². The van der Waals surface area contributed by atoms with Crippen molar-refractivity contribution in [2.75, 3.05) is 13.6 Å². The summed E-state index contributed by atoms with van der Waals surface area (Å²) in [5, 5.41) is 3.18. The molecule has 0 fully saturated rings. The quantitative estimate of drug-likeness (QED) is 0.863. The van der Waals surface area contributed by atoms with Gasteiger partial charge >= 0.3 is 0 Å². The van der Waals surface area contributed by atoms with Crippen molar-refractivity contribution in [2.45, 2.75) is 19.4 Å². The van der Waals surface area contributed by atoms with Gasteiger partial charge in [0, 0.05) is 6.42 Å². The van der Waals surface area contributed by atoms with Crippen molar-refractivity contribution in [3.05, 3.63) is 65.7 Å². The number of hydrogen-bond acceptors (Lipinski definition) is 2. The first-order chi connectivity index (χ1) is 9.29. The van der Waals surface area contributed by atoms with Gasteiger partial charge in [-0.25, -0.2) is 0 Å². The van der Waals surface area contributed by atoms with Gasteiger partial charge in [-0.05, 0) is 38.2 Å². The number of benzene rings is 2. The molecular weight excluding hydrogens is 270 g/mol. The first-order valence-corrected chi connectivity index (χ1v) is 6.72. The minimum Gasteiger partial charge on any atom is -0.486 e. The van der Waals surface area contributed by atoms with Crippen LogP contribution in [-0.4, -0.2) is 13.6 Å². The van der Waals surface area contributed by atoms with Crippen molar-refractivity contribution in [1.29, 1.82) is 0 Å². The Balaban J connectivity index is 0.00000200. The largest absolute Gasteiger partial charge is 0.486 e. The van der Waals surface area contributed by atoms with Crippen molar-refractivity contribution in [1.82, 2.24) is 5.32 Å². The standard InChI is InChI=1S/C17H21NO.ClH/c1-14-8-10-16(11-9-14)19-17(12-13-18-2)15-6-4-3-5-7-15;/h3-11,17-18H,12-13H2,1-2H3;1H. The van der Waals surface area contributed by atoms with E-state index >= 15 is 0 Å². The van der Waals surface area contributed by atoms with Crippen LogP contribution in [0.25, 0.3) is 0 Å². The molecule has 108 valence electrons. The van der Waals surface area contributed by atoms with E-state index in [1.165, 1.54) is 11.1 Å². The molecule has 0 saturated carbocycles. The summed E-state index contributed by atoms with van der Waals surface area (Å²) in [5.74, 6) is 0.926. The Hall–Kier alpha value is -1.51. The smallest absolute Gasteiger partial charge is 0.125 e. The second-order valence-electron chi connectivity index (χ2n) is 4.72. The number of halogens is 1. The van der Waals surface area contributed by atoms with Crippen LogP contribution in [0.3, 0.4) is 0 Å². The zero-order chi connectivity index (χ0) is 13.5. The van der Waals surface area contributed by atoms with Gasteiger partial charge in [0.25, 0.3) is 0 Å². The van der Waals surface area contributed by atoms with E-state index in [1.54, 1.807) is 0 Å². The van der Waals surface area contributed by atoms with Gasteiger partial charge in [-0.1, -0.05) is 48.0 Å². The number of aryl methyl sites for hydroxylation is 1. The fraction of sp³-hybridized carbons (Fsp3) is 0.294. The average molecular weight is 292 g/mol. The van der Waals surface area contributed by atoms with Crippen molar-refractivity contribution in [3.8, 4) is 5.75 Å². The molecule has 1 N–H and O–H groups in total. The van der Waals surface area contributed by atoms with Crippen LogP contribution in [0.1, 0.15) is 23.7 Å². The van der Waals surface area contributed by atoms with E-state index in [2.05, 4.69) is 48.6 Å². The van der Waals surface area contributed by atoms with Gasteiger partial charge < -0.3 is 10.1 Å². The number of hydrogen-bond donors (Lipinski definition) is 1. The molecule has 2 nitrogen and oxygen atoms in total. The number of nitrogens with one attached hydrogen (secondary N) is 1. The molecule has 0 amide bonds. The predicted molar refractivity (Wildman–Crippen MR) is 86.8 cm³/mol. The monoisotopic (exact) mass is 291 g/mol. The fourth-order valence-electron chi connectivity index (χ4n) is 2.02. The molecule has 3 heteroatoms. The highest BCUT2D eigenvalue weighted by atomic mass is 35.5. The zero-order valence-electron chi connectivity index (χ0n) is 12.0. The molecular formula is C17H22ClNO. The summed E-state index contributed by atoms with van der Waals surface area (Å²) in [6.45, 7) is 3.02. The minimum absolute atomic E-state index is 0. The third-order valence-corrected chi connectivity index (χ3v) is 3.13. The summed E-state index contributed by atoms with van der Waals surface area (Å²) in [6, 6.07) is 18.6. The van der Waals surface area contributed by atoms with Crippen LogP contribution >= 0.6 is 12.4 Å². The summed E-state index contributed by atoms with van der Waals surface area (Å²) in [4.78, 5) is 0. The lowest BCUT2D eigenvalue weighted by Crippen LogP contribution is -2.16. The van der Waals surface area contributed by atoms with Crippen LogP contribution in [0, 0.1) is 6.92 Å². The third-order valence-electron chi connectivity index (χ3n) is 3.13. The molecule has 0 aliphatic heterocycles. The third kappa shape index (κ3) is 4.87. The molecule has 2 rings (SSSR count). The molecule has 0 aliphatic rings. The molecule has 0 bridgehead atoms. The summed E-state index contributed by atoms with van der Waals surface area (Å²) in [7, 11) is 1.97. The maximum atomic E-state index is 6.12. The zero-order valence-corrected chi connectivity index (χ0v) is 12.8. The molecule has 20 heavy (non-hydrogen) atoms. The topological polar surface area (TPSA) is 21.3 Å². The van der Waals surface area contributed by atoms with Crippen LogP contribution < -0.4 is 10.1 Å². The second kappa shape index (κ2) is 8.62. The van der Waals surface area contributed by atoms with Crippen LogP contribution in [0.5, 0.6) is 5.75 Å². The molecule has 0 radical (unpaired) electrons. The van der Waals surface area contributed by atoms with Gasteiger partial charge in [-0.15, -0.1) is 12.4 Å². The molecule has 0 heterocycles. The van der Waals surface area contributed by atoms with Crippen molar-refractivity contribution < 1.29 is 4.74 Å². The average Bonchev–Trinajstić information content (AvgIpc) is 2.46. The summed E-state index contributed by atoms with van der Waals surface area (Å²) in [6.07, 6.45) is 1.05. The molecule has 2 aromatic rings. The molecule has 2 aromatic carbocycles. The second-order valence-corrected chi connectivity index (χ2v) is 4.72. The molecule has 1 atom stereocenters. The molecule has 0 aromatic heterocycles. The normalized spacial score (nSPS) is 11.5. The van der Waals surface area contributed by atoms with Crippen molar-refractivity contribution >= 4 is 12.4 Å². The van der Waals surface area contributed by atoms with Gasteiger partial charge in [0.05, 0.1) is 0 Å². The molecule has 0 saturated heterocycles. The molecule has 1 unspecified atom stereocenters. The molecule has 0 aliphatic carbocycles. The highest BCUT2D eigenvalue weighted by molar-refractivity contribution is 5.85. The predicted octanol–water partition coefficient (Wildman–Crippen LogP) is 4.15. The first-order valence-electron chi connectivity index (χ1n) is 6.72. The SMILES string of the molecule is CNCCC(Oc1ccc(C)cc1)c1ccccc1.Cl. The van der Waals surface area contributed by atoms with Gasteiger partial charge in [0.15, 0.2) is 0 Å². The maximum absolute atomic E-state index is 6.12. The van der Waals surface area contributed by atoms with Gasteiger partial charge in [-0.2, -0.15) is 0 Å². The van der Waals surface area contributed by atoms with E-state index < -0.39 is 0 Å². The maximum Gasteiger partial charge on any atom is 0.125 e. The Bertz CT molecular complexity index is 484. The van der Waals surface area contributed by atoms with Crippen LogP contribution in [0.4, 0.5) is 0 Å². The lowest BCUT2D eigenvalue weighted by atomic mass is 10.1. The highest BCUT2D eigenvalue weighted by Gasteiger charge is 2.12. The summed E-state index contributed by atoms with van der Waals surface area (Å²) >= 11 is 0. The van der Waals surface area contributed by atoms with Crippen molar-refractivity contribution in [3.63, 3.8) is 0 Å². The Morgan fingerprint density at radius 2 is 1.65 bits per heavy atom. The van der Waals surface area contributed by atoms with Crippen molar-refractivity contribution in [2.24, 2.45) is 0 Å². The Morgan fingerprint density at radius 1 is 1.00 bits per heavy atom. The Morgan fingerprint density at radius 3 is 2.25 bits per heavy atom. The van der Waals surface area contributed by atoms with Gasteiger partial charge in [0.2, 0.25) is 0 Å². The van der Waals surface area contributed by atoms with Gasteiger partial charge in [0.1, 0.15) is 11.9 Å². The van der Waals surface area contributed by atoms with Crippen LogP contribution in [0.2, 0.25) is 0 Å². The van der Waals surface area contributed by atoms with E-state index in [0.717, 1.165) is 18.7 Å². The lowest BCUT2D eigenvalue weighted by molar-refractivity contribution is 0.195. The van der Waals surface area contributed by atoms with E-state index in [0.29, 0.717) is 0 Å². The molecule has 0 spiro atoms. The van der Waals surface area contributed by atoms with E-state index in [1.807, 2.05) is 25.2 Å². The number of ether oxygens (including phenoxy) is 1. The lowest BCUT2D eigenvalue weighted by Gasteiger charge is -2.19.